The molecule has 0 spiro atoms. The number of hydrogen-bond donors (Lipinski definition) is 1. The molecule has 0 bridgehead atoms. The van der Waals surface area contributed by atoms with Crippen LogP contribution in [0.15, 0.2) is 0 Å². The van der Waals surface area contributed by atoms with Crippen molar-refractivity contribution in [2.75, 3.05) is 26.4 Å². The van der Waals surface area contributed by atoms with Gasteiger partial charge in [0, 0.05) is 19.1 Å². The van der Waals surface area contributed by atoms with E-state index in [-0.39, 0.29) is 0 Å². The van der Waals surface area contributed by atoms with Gasteiger partial charge in [-0.15, -0.1) is 0 Å². The van der Waals surface area contributed by atoms with Crippen molar-refractivity contribution in [1.29, 1.82) is 0 Å². The van der Waals surface area contributed by atoms with Gasteiger partial charge in [0.05, 0.1) is 6.26 Å². The maximum atomic E-state index is 11.6. The van der Waals surface area contributed by atoms with Gasteiger partial charge in [0.1, 0.15) is 0 Å². The van der Waals surface area contributed by atoms with E-state index in [1.165, 1.54) is 25.5 Å². The first kappa shape index (κ1) is 15.9. The molecule has 0 radical (unpaired) electrons. The Kier molecular flexibility index (Phi) is 6.60. The number of nitrogens with zero attached hydrogens (tertiary/aromatic N) is 1. The summed E-state index contributed by atoms with van der Waals surface area (Å²) in [5.74, 6) is 0.516. The van der Waals surface area contributed by atoms with Crippen LogP contribution >= 0.6 is 0 Å². The van der Waals surface area contributed by atoms with Gasteiger partial charge in [-0.1, -0.05) is 19.8 Å². The molecule has 1 aliphatic rings. The summed E-state index contributed by atoms with van der Waals surface area (Å²) >= 11 is 0. The van der Waals surface area contributed by atoms with Crippen LogP contribution in [0.5, 0.6) is 0 Å². The number of unbranched alkanes of at least 4 members (excludes halogenated alkanes) is 1. The first-order valence-corrected chi connectivity index (χ1v) is 8.94. The van der Waals surface area contributed by atoms with Crippen LogP contribution in [0.3, 0.4) is 0 Å². The maximum Gasteiger partial charge on any atom is 0.211 e. The number of piperidine rings is 1. The van der Waals surface area contributed by atoms with Gasteiger partial charge in [0.2, 0.25) is 10.0 Å². The van der Waals surface area contributed by atoms with Crippen molar-refractivity contribution in [3.63, 3.8) is 0 Å². The fourth-order valence-corrected chi connectivity index (χ4v) is 3.70. The minimum Gasteiger partial charge on any atom is -0.317 e. The number of hydrogen-bond acceptors (Lipinski definition) is 3. The molecule has 1 N–H and O–H groups in total. The average molecular weight is 276 g/mol. The molecular weight excluding hydrogens is 248 g/mol. The first-order chi connectivity index (χ1) is 8.47. The standard InChI is InChI=1S/C13H28N2O2S/c1-4-5-8-13(14-2)10-12-7-6-9-15(11-12)18(3,16)17/h12-14H,4-11H2,1-3H3. The predicted molar refractivity (Wildman–Crippen MR) is 76.1 cm³/mol. The Morgan fingerprint density at radius 2 is 2.17 bits per heavy atom. The summed E-state index contributed by atoms with van der Waals surface area (Å²) in [7, 11) is -0.994. The fourth-order valence-electron chi connectivity index (χ4n) is 2.75. The van der Waals surface area contributed by atoms with Crippen molar-refractivity contribution in [2.45, 2.75) is 51.5 Å². The molecule has 0 aromatic heterocycles. The van der Waals surface area contributed by atoms with Gasteiger partial charge in [-0.05, 0) is 38.6 Å². The van der Waals surface area contributed by atoms with Crippen molar-refractivity contribution in [1.82, 2.24) is 9.62 Å². The Morgan fingerprint density at radius 1 is 1.44 bits per heavy atom. The lowest BCUT2D eigenvalue weighted by Gasteiger charge is -2.33. The molecule has 1 heterocycles. The molecule has 2 unspecified atom stereocenters. The van der Waals surface area contributed by atoms with Crippen molar-refractivity contribution < 1.29 is 8.42 Å². The number of nitrogens with one attached hydrogen (secondary N) is 1. The summed E-state index contributed by atoms with van der Waals surface area (Å²) in [6, 6.07) is 0.537. The van der Waals surface area contributed by atoms with E-state index < -0.39 is 10.0 Å². The van der Waals surface area contributed by atoms with Crippen LogP contribution in [0.2, 0.25) is 0 Å². The smallest absolute Gasteiger partial charge is 0.211 e. The Balaban J connectivity index is 2.46. The molecule has 5 heteroatoms. The third-order valence-corrected chi connectivity index (χ3v) is 5.15. The van der Waals surface area contributed by atoms with E-state index in [0.717, 1.165) is 19.3 Å². The third-order valence-electron chi connectivity index (χ3n) is 3.88. The van der Waals surface area contributed by atoms with Crippen LogP contribution in [0.25, 0.3) is 0 Å². The van der Waals surface area contributed by atoms with Crippen molar-refractivity contribution in [2.24, 2.45) is 5.92 Å². The van der Waals surface area contributed by atoms with Crippen LogP contribution < -0.4 is 5.32 Å². The topological polar surface area (TPSA) is 49.4 Å². The van der Waals surface area contributed by atoms with E-state index >= 15 is 0 Å². The molecule has 4 nitrogen and oxygen atoms in total. The summed E-state index contributed by atoms with van der Waals surface area (Å²) in [6.07, 6.45) is 8.25. The van der Waals surface area contributed by atoms with E-state index in [1.807, 2.05) is 7.05 Å². The molecule has 108 valence electrons. The monoisotopic (exact) mass is 276 g/mol. The highest BCUT2D eigenvalue weighted by atomic mass is 32.2. The zero-order chi connectivity index (χ0) is 13.6. The molecule has 0 aromatic rings. The summed E-state index contributed by atoms with van der Waals surface area (Å²) in [5.41, 5.74) is 0. The summed E-state index contributed by atoms with van der Waals surface area (Å²) < 4.78 is 24.8. The second-order valence-corrected chi connectivity index (χ2v) is 7.48. The highest BCUT2D eigenvalue weighted by Crippen LogP contribution is 2.23. The third kappa shape index (κ3) is 5.24. The molecule has 2 atom stereocenters. The largest absolute Gasteiger partial charge is 0.317 e. The van der Waals surface area contributed by atoms with Crippen molar-refractivity contribution in [3.05, 3.63) is 0 Å². The SMILES string of the molecule is CCCCC(CC1CCCN(S(C)(=O)=O)C1)NC. The molecule has 1 rings (SSSR count). The first-order valence-electron chi connectivity index (χ1n) is 7.09. The molecule has 0 aromatic carbocycles. The van der Waals surface area contributed by atoms with Gasteiger partial charge in [0.25, 0.3) is 0 Å². The zero-order valence-electron chi connectivity index (χ0n) is 12.0. The van der Waals surface area contributed by atoms with Gasteiger partial charge in [0.15, 0.2) is 0 Å². The van der Waals surface area contributed by atoms with E-state index in [1.54, 1.807) is 4.31 Å². The fraction of sp³-hybridized carbons (Fsp3) is 1.00. The molecule has 18 heavy (non-hydrogen) atoms. The summed E-state index contributed by atoms with van der Waals surface area (Å²) in [5, 5.41) is 3.37. The summed E-state index contributed by atoms with van der Waals surface area (Å²) in [4.78, 5) is 0. The molecule has 1 saturated heterocycles. The number of sulfonamides is 1. The van der Waals surface area contributed by atoms with Crippen molar-refractivity contribution in [3.8, 4) is 0 Å². The van der Waals surface area contributed by atoms with E-state index in [9.17, 15) is 8.42 Å². The lowest BCUT2D eigenvalue weighted by atomic mass is 9.90. The van der Waals surface area contributed by atoms with Crippen molar-refractivity contribution >= 4 is 10.0 Å². The van der Waals surface area contributed by atoms with Gasteiger partial charge >= 0.3 is 0 Å². The lowest BCUT2D eigenvalue weighted by Crippen LogP contribution is -2.41. The normalized spacial score (nSPS) is 24.1. The molecule has 0 saturated carbocycles. The average Bonchev–Trinajstić information content (AvgIpc) is 2.33. The molecule has 0 aliphatic carbocycles. The van der Waals surface area contributed by atoms with Crippen LogP contribution in [0.1, 0.15) is 45.4 Å². The maximum absolute atomic E-state index is 11.6. The van der Waals surface area contributed by atoms with Crippen LogP contribution in [-0.2, 0) is 10.0 Å². The van der Waals surface area contributed by atoms with Gasteiger partial charge in [-0.25, -0.2) is 12.7 Å². The van der Waals surface area contributed by atoms with Gasteiger partial charge in [-0.2, -0.15) is 0 Å². The minimum absolute atomic E-state index is 0.516. The van der Waals surface area contributed by atoms with Gasteiger partial charge in [-0.3, -0.25) is 0 Å². The minimum atomic E-state index is -3.01. The lowest BCUT2D eigenvalue weighted by molar-refractivity contribution is 0.236. The molecule has 0 amide bonds. The second kappa shape index (κ2) is 7.46. The van der Waals surface area contributed by atoms with E-state index in [0.29, 0.717) is 25.0 Å². The van der Waals surface area contributed by atoms with Crippen LogP contribution in [0, 0.1) is 5.92 Å². The summed E-state index contributed by atoms with van der Waals surface area (Å²) in [6.45, 7) is 3.62. The highest BCUT2D eigenvalue weighted by molar-refractivity contribution is 7.88. The zero-order valence-corrected chi connectivity index (χ0v) is 12.8. The Hall–Kier alpha value is -0.130. The highest BCUT2D eigenvalue weighted by Gasteiger charge is 2.27. The quantitative estimate of drug-likeness (QED) is 0.772. The Bertz CT molecular complexity index is 330. The van der Waals surface area contributed by atoms with E-state index in [2.05, 4.69) is 12.2 Å². The molecule has 1 fully saturated rings. The number of rotatable bonds is 7. The Labute approximate surface area is 112 Å². The van der Waals surface area contributed by atoms with Gasteiger partial charge < -0.3 is 5.32 Å². The molecule has 1 aliphatic heterocycles. The predicted octanol–water partition coefficient (Wildman–Crippen LogP) is 1.83. The van der Waals surface area contributed by atoms with Crippen LogP contribution in [0.4, 0.5) is 0 Å². The molecular formula is C13H28N2O2S. The van der Waals surface area contributed by atoms with E-state index in [4.69, 9.17) is 0 Å². The Morgan fingerprint density at radius 3 is 2.72 bits per heavy atom. The van der Waals surface area contributed by atoms with Crippen LogP contribution in [-0.4, -0.2) is 45.2 Å². The second-order valence-electron chi connectivity index (χ2n) is 5.49.